The van der Waals surface area contributed by atoms with Gasteiger partial charge in [-0.15, -0.1) is 0 Å². The molecular weight excluding hydrogens is 248 g/mol. The van der Waals surface area contributed by atoms with Crippen molar-refractivity contribution in [2.45, 2.75) is 38.8 Å². The van der Waals surface area contributed by atoms with Gasteiger partial charge in [0.2, 0.25) is 0 Å². The van der Waals surface area contributed by atoms with E-state index in [0.717, 1.165) is 31.4 Å². The molecule has 112 valence electrons. The van der Waals surface area contributed by atoms with E-state index < -0.39 is 0 Å². The lowest BCUT2D eigenvalue weighted by atomic mass is 10.0. The molecule has 0 bridgehead atoms. The monoisotopic (exact) mass is 276 g/mol. The van der Waals surface area contributed by atoms with E-state index in [0.29, 0.717) is 6.04 Å². The highest BCUT2D eigenvalue weighted by Gasteiger charge is 2.20. The smallest absolute Gasteiger partial charge is 0.0572 e. The minimum atomic E-state index is 0.327. The molecule has 20 heavy (non-hydrogen) atoms. The van der Waals surface area contributed by atoms with E-state index in [2.05, 4.69) is 60.2 Å². The average molecular weight is 276 g/mol. The van der Waals surface area contributed by atoms with Crippen LogP contribution < -0.4 is 10.2 Å². The third kappa shape index (κ3) is 3.70. The zero-order valence-corrected chi connectivity index (χ0v) is 13.3. The fraction of sp³-hybridized carbons (Fsp3) is 0.688. The second kappa shape index (κ2) is 7.04. The van der Waals surface area contributed by atoms with Gasteiger partial charge in [0.15, 0.2) is 0 Å². The summed E-state index contributed by atoms with van der Waals surface area (Å²) >= 11 is 0. The molecule has 1 aliphatic heterocycles. The normalized spacial score (nSPS) is 18.6. The maximum Gasteiger partial charge on any atom is 0.0572 e. The van der Waals surface area contributed by atoms with Crippen LogP contribution >= 0.6 is 0 Å². The average Bonchev–Trinajstić information content (AvgIpc) is 2.48. The molecule has 0 radical (unpaired) electrons. The molecular formula is C16H28N4. The van der Waals surface area contributed by atoms with Gasteiger partial charge >= 0.3 is 0 Å². The van der Waals surface area contributed by atoms with E-state index in [-0.39, 0.29) is 0 Å². The topological polar surface area (TPSA) is 31.4 Å². The van der Waals surface area contributed by atoms with Crippen molar-refractivity contribution in [1.82, 2.24) is 15.2 Å². The zero-order valence-electron chi connectivity index (χ0n) is 13.3. The minimum absolute atomic E-state index is 0.327. The lowest BCUT2D eigenvalue weighted by Gasteiger charge is -2.36. The fourth-order valence-corrected chi connectivity index (χ4v) is 2.89. The Bertz CT molecular complexity index is 393. The van der Waals surface area contributed by atoms with Crippen molar-refractivity contribution >= 4 is 5.69 Å². The Balaban J connectivity index is 1.94. The molecule has 1 unspecified atom stereocenters. The molecule has 4 heteroatoms. The van der Waals surface area contributed by atoms with E-state index in [1.165, 1.54) is 18.5 Å². The van der Waals surface area contributed by atoms with E-state index >= 15 is 0 Å². The van der Waals surface area contributed by atoms with Gasteiger partial charge in [-0.1, -0.05) is 6.92 Å². The van der Waals surface area contributed by atoms with E-state index in [1.807, 2.05) is 6.20 Å². The molecule has 0 saturated carbocycles. The quantitative estimate of drug-likeness (QED) is 0.894. The van der Waals surface area contributed by atoms with Crippen molar-refractivity contribution < 1.29 is 0 Å². The van der Waals surface area contributed by atoms with Crippen molar-refractivity contribution in [3.05, 3.63) is 24.0 Å². The van der Waals surface area contributed by atoms with Crippen LogP contribution in [-0.4, -0.2) is 49.7 Å². The summed E-state index contributed by atoms with van der Waals surface area (Å²) in [6, 6.07) is 5.42. The first-order chi connectivity index (χ1) is 9.61. The Labute approximate surface area is 123 Å². The number of nitrogens with zero attached hydrogens (tertiary/aromatic N) is 3. The van der Waals surface area contributed by atoms with Crippen molar-refractivity contribution in [3.63, 3.8) is 0 Å². The third-order valence-corrected chi connectivity index (χ3v) is 4.28. The summed E-state index contributed by atoms with van der Waals surface area (Å²) in [5.74, 6) is 0. The Morgan fingerprint density at radius 2 is 2.05 bits per heavy atom. The summed E-state index contributed by atoms with van der Waals surface area (Å²) in [5, 5.41) is 3.40. The van der Waals surface area contributed by atoms with Crippen LogP contribution in [0, 0.1) is 0 Å². The van der Waals surface area contributed by atoms with E-state index in [4.69, 9.17) is 0 Å². The Kier molecular flexibility index (Phi) is 5.38. The molecule has 1 aliphatic rings. The summed E-state index contributed by atoms with van der Waals surface area (Å²) in [7, 11) is 4.36. The first-order valence-corrected chi connectivity index (χ1v) is 7.72. The van der Waals surface area contributed by atoms with Crippen molar-refractivity contribution in [2.75, 3.05) is 38.6 Å². The Morgan fingerprint density at radius 1 is 1.35 bits per heavy atom. The van der Waals surface area contributed by atoms with Crippen LogP contribution in [-0.2, 0) is 0 Å². The molecule has 0 aliphatic carbocycles. The van der Waals surface area contributed by atoms with Crippen LogP contribution in [0.25, 0.3) is 0 Å². The molecule has 1 saturated heterocycles. The molecule has 1 fully saturated rings. The van der Waals surface area contributed by atoms with Gasteiger partial charge in [-0.05, 0) is 52.5 Å². The highest BCUT2D eigenvalue weighted by atomic mass is 15.2. The van der Waals surface area contributed by atoms with Crippen LogP contribution in [0.1, 0.15) is 38.4 Å². The van der Waals surface area contributed by atoms with Crippen LogP contribution in [0.4, 0.5) is 5.69 Å². The SMILES string of the molecule is CCNC(C)c1ccc(N2CCC(N(C)C)CC2)cn1. The molecule has 2 heterocycles. The number of anilines is 1. The predicted molar refractivity (Wildman–Crippen MR) is 85.3 cm³/mol. The predicted octanol–water partition coefficient (Wildman–Crippen LogP) is 2.28. The molecule has 0 spiro atoms. The fourth-order valence-electron chi connectivity index (χ4n) is 2.89. The van der Waals surface area contributed by atoms with Gasteiger partial charge in [-0.25, -0.2) is 0 Å². The highest BCUT2D eigenvalue weighted by Crippen LogP contribution is 2.22. The summed E-state index contributed by atoms with van der Waals surface area (Å²) in [4.78, 5) is 9.41. The number of pyridine rings is 1. The molecule has 0 aromatic carbocycles. The first kappa shape index (κ1) is 15.3. The molecule has 2 rings (SSSR count). The molecule has 1 N–H and O–H groups in total. The molecule has 1 aromatic heterocycles. The van der Waals surface area contributed by atoms with Crippen molar-refractivity contribution in [2.24, 2.45) is 0 Å². The summed E-state index contributed by atoms with van der Waals surface area (Å²) < 4.78 is 0. The molecule has 4 nitrogen and oxygen atoms in total. The third-order valence-electron chi connectivity index (χ3n) is 4.28. The summed E-state index contributed by atoms with van der Waals surface area (Å²) in [6.07, 6.45) is 4.50. The van der Waals surface area contributed by atoms with Crippen LogP contribution in [0.15, 0.2) is 18.3 Å². The lowest BCUT2D eigenvalue weighted by molar-refractivity contribution is 0.249. The minimum Gasteiger partial charge on any atom is -0.370 e. The lowest BCUT2D eigenvalue weighted by Crippen LogP contribution is -2.42. The van der Waals surface area contributed by atoms with Gasteiger partial charge in [-0.2, -0.15) is 0 Å². The zero-order chi connectivity index (χ0) is 14.5. The number of piperidine rings is 1. The standard InChI is InChI=1S/C16H28N4/c1-5-17-13(2)16-7-6-15(12-18-16)20-10-8-14(9-11-20)19(3)4/h6-7,12-14,17H,5,8-11H2,1-4H3. The number of rotatable bonds is 5. The number of hydrogen-bond donors (Lipinski definition) is 1. The summed E-state index contributed by atoms with van der Waals surface area (Å²) in [5.41, 5.74) is 2.38. The second-order valence-electron chi connectivity index (χ2n) is 5.90. The maximum atomic E-state index is 4.61. The van der Waals surface area contributed by atoms with Crippen molar-refractivity contribution in [3.8, 4) is 0 Å². The molecule has 0 amide bonds. The summed E-state index contributed by atoms with van der Waals surface area (Å²) in [6.45, 7) is 7.52. The number of nitrogens with one attached hydrogen (secondary N) is 1. The van der Waals surface area contributed by atoms with E-state index in [1.54, 1.807) is 0 Å². The second-order valence-corrected chi connectivity index (χ2v) is 5.90. The Hall–Kier alpha value is -1.13. The largest absolute Gasteiger partial charge is 0.370 e. The van der Waals surface area contributed by atoms with Crippen LogP contribution in [0.5, 0.6) is 0 Å². The van der Waals surface area contributed by atoms with Gasteiger partial charge in [0.1, 0.15) is 0 Å². The van der Waals surface area contributed by atoms with Gasteiger partial charge in [0.25, 0.3) is 0 Å². The Morgan fingerprint density at radius 3 is 2.55 bits per heavy atom. The maximum absolute atomic E-state index is 4.61. The van der Waals surface area contributed by atoms with Gasteiger partial charge in [0.05, 0.1) is 17.6 Å². The van der Waals surface area contributed by atoms with Gasteiger partial charge < -0.3 is 15.1 Å². The molecule has 1 aromatic rings. The van der Waals surface area contributed by atoms with Gasteiger partial charge in [0, 0.05) is 25.2 Å². The number of aromatic nitrogens is 1. The van der Waals surface area contributed by atoms with Crippen LogP contribution in [0.2, 0.25) is 0 Å². The number of hydrogen-bond acceptors (Lipinski definition) is 4. The van der Waals surface area contributed by atoms with Gasteiger partial charge in [-0.3, -0.25) is 4.98 Å². The van der Waals surface area contributed by atoms with Crippen molar-refractivity contribution in [1.29, 1.82) is 0 Å². The highest BCUT2D eigenvalue weighted by molar-refractivity contribution is 5.45. The van der Waals surface area contributed by atoms with Crippen LogP contribution in [0.3, 0.4) is 0 Å². The first-order valence-electron chi connectivity index (χ1n) is 7.72. The molecule has 1 atom stereocenters. The van der Waals surface area contributed by atoms with E-state index in [9.17, 15) is 0 Å².